The molecule has 0 fully saturated rings. The molecule has 0 atom stereocenters. The predicted octanol–water partition coefficient (Wildman–Crippen LogP) is 4.87. The molecule has 0 aromatic heterocycles. The van der Waals surface area contributed by atoms with E-state index >= 15 is 0 Å². The van der Waals surface area contributed by atoms with Crippen molar-refractivity contribution in [1.29, 1.82) is 0 Å². The Kier molecular flexibility index (Phi) is 8.53. The summed E-state index contributed by atoms with van der Waals surface area (Å²) in [4.78, 5) is 11.5. The van der Waals surface area contributed by atoms with Crippen LogP contribution in [0.3, 0.4) is 0 Å². The van der Waals surface area contributed by atoms with Crippen molar-refractivity contribution >= 4 is 12.0 Å². The summed E-state index contributed by atoms with van der Waals surface area (Å²) in [6.45, 7) is 5.18. The third-order valence-corrected chi connectivity index (χ3v) is 3.88. The van der Waals surface area contributed by atoms with Crippen LogP contribution in [0, 0.1) is 5.92 Å². The fourth-order valence-corrected chi connectivity index (χ4v) is 2.44. The monoisotopic (exact) mass is 355 g/mol. The van der Waals surface area contributed by atoms with Crippen LogP contribution in [0.25, 0.3) is 6.08 Å². The highest BCUT2D eigenvalue weighted by Crippen LogP contribution is 2.32. The third-order valence-electron chi connectivity index (χ3n) is 3.88. The van der Waals surface area contributed by atoms with Crippen LogP contribution >= 0.6 is 0 Å². The van der Waals surface area contributed by atoms with Gasteiger partial charge in [-0.25, -0.2) is 0 Å². The van der Waals surface area contributed by atoms with Crippen LogP contribution in [0.1, 0.15) is 45.1 Å². The van der Waals surface area contributed by atoms with Gasteiger partial charge in [0.25, 0.3) is 0 Å². The number of hydrogen-bond acceptors (Lipinski definition) is 3. The number of benzene rings is 1. The number of carbonyl (C=O) groups excluding carboxylic acids is 1. The number of nitrogens with one attached hydrogen (secondary N) is 1. The van der Waals surface area contributed by atoms with E-state index in [0.717, 1.165) is 42.7 Å². The smallest absolute Gasteiger partial charge is 0.243 e. The zero-order valence-corrected chi connectivity index (χ0v) is 15.7. The van der Waals surface area contributed by atoms with E-state index < -0.39 is 0 Å². The van der Waals surface area contributed by atoms with E-state index in [1.807, 2.05) is 24.3 Å². The summed E-state index contributed by atoms with van der Waals surface area (Å²) in [7, 11) is 0. The maximum Gasteiger partial charge on any atom is 0.243 e. The normalized spacial score (nSPS) is 13.5. The molecule has 140 valence electrons. The Hall–Kier alpha value is -2.49. The topological polar surface area (TPSA) is 47.6 Å². The lowest BCUT2D eigenvalue weighted by Gasteiger charge is -2.03. The lowest BCUT2D eigenvalue weighted by molar-refractivity contribution is -0.116. The van der Waals surface area contributed by atoms with Crippen LogP contribution in [-0.4, -0.2) is 19.2 Å². The molecule has 1 aromatic rings. The zero-order chi connectivity index (χ0) is 18.6. The van der Waals surface area contributed by atoms with E-state index in [1.165, 1.54) is 0 Å². The highest BCUT2D eigenvalue weighted by Gasteiger charge is 2.11. The number of allylic oxidation sites excluding steroid dienone is 4. The fraction of sp³-hybridized carbons (Fsp3) is 0.409. The van der Waals surface area contributed by atoms with Crippen LogP contribution < -0.4 is 14.8 Å². The van der Waals surface area contributed by atoms with Gasteiger partial charge in [-0.3, -0.25) is 4.79 Å². The van der Waals surface area contributed by atoms with E-state index in [1.54, 1.807) is 12.2 Å². The van der Waals surface area contributed by atoms with Gasteiger partial charge in [0.2, 0.25) is 12.7 Å². The summed E-state index contributed by atoms with van der Waals surface area (Å²) < 4.78 is 10.7. The Labute approximate surface area is 156 Å². The van der Waals surface area contributed by atoms with Crippen LogP contribution in [0.2, 0.25) is 0 Å². The molecular weight excluding hydrogens is 326 g/mol. The van der Waals surface area contributed by atoms with E-state index in [-0.39, 0.29) is 5.91 Å². The largest absolute Gasteiger partial charge is 0.454 e. The van der Waals surface area contributed by atoms with Gasteiger partial charge in [0.15, 0.2) is 11.5 Å². The average Bonchev–Trinajstić information content (AvgIpc) is 3.09. The Morgan fingerprint density at radius 3 is 2.69 bits per heavy atom. The van der Waals surface area contributed by atoms with Crippen molar-refractivity contribution in [2.45, 2.75) is 39.5 Å². The second kappa shape index (κ2) is 11.2. The third kappa shape index (κ3) is 7.60. The summed E-state index contributed by atoms with van der Waals surface area (Å²) in [6, 6.07) is 5.99. The number of fused-ring (bicyclic) bond motifs is 1. The van der Waals surface area contributed by atoms with Crippen molar-refractivity contribution in [3.8, 4) is 11.5 Å². The molecule has 1 amide bonds. The van der Waals surface area contributed by atoms with Gasteiger partial charge in [-0.05, 0) is 49.3 Å². The molecule has 1 aliphatic heterocycles. The number of rotatable bonds is 10. The molecule has 2 rings (SSSR count). The van der Waals surface area contributed by atoms with E-state index in [9.17, 15) is 4.79 Å². The van der Waals surface area contributed by atoms with Gasteiger partial charge in [0, 0.05) is 12.6 Å². The summed E-state index contributed by atoms with van der Waals surface area (Å²) in [5.74, 6) is 2.09. The second-order valence-electron chi connectivity index (χ2n) is 6.73. The Bertz CT molecular complexity index is 659. The molecule has 0 radical (unpaired) electrons. The van der Waals surface area contributed by atoms with E-state index in [2.05, 4.69) is 37.4 Å². The average molecular weight is 355 g/mol. The molecule has 0 bridgehead atoms. The lowest BCUT2D eigenvalue weighted by Crippen LogP contribution is -2.25. The van der Waals surface area contributed by atoms with E-state index in [4.69, 9.17) is 9.47 Å². The molecule has 0 unspecified atom stereocenters. The van der Waals surface area contributed by atoms with Gasteiger partial charge < -0.3 is 14.8 Å². The van der Waals surface area contributed by atoms with Crippen molar-refractivity contribution in [2.24, 2.45) is 5.92 Å². The number of carbonyl (C=O) groups is 1. The molecule has 0 aliphatic carbocycles. The van der Waals surface area contributed by atoms with Crippen molar-refractivity contribution in [1.82, 2.24) is 5.32 Å². The quantitative estimate of drug-likeness (QED) is 0.370. The minimum atomic E-state index is -0.0306. The maximum absolute atomic E-state index is 11.5. The molecule has 0 saturated heterocycles. The SMILES string of the molecule is CC(C)CNC(=O)/C=C/C=C/CCCC/C=C\c1ccc2c(c1)OCO2. The lowest BCUT2D eigenvalue weighted by atomic mass is 10.1. The Morgan fingerprint density at radius 1 is 1.12 bits per heavy atom. The Morgan fingerprint density at radius 2 is 1.88 bits per heavy atom. The van der Waals surface area contributed by atoms with Gasteiger partial charge in [0.05, 0.1) is 0 Å². The summed E-state index contributed by atoms with van der Waals surface area (Å²) >= 11 is 0. The standard InChI is InChI=1S/C22H29NO3/c1-18(2)16-23-22(24)12-10-8-6-4-3-5-7-9-11-19-13-14-20-21(15-19)26-17-25-20/h6,8-15,18H,3-5,7,16-17H2,1-2H3,(H,23,24)/b8-6+,11-9-,12-10+. The first kappa shape index (κ1) is 19.8. The van der Waals surface area contributed by atoms with Crippen molar-refractivity contribution < 1.29 is 14.3 Å². The second-order valence-corrected chi connectivity index (χ2v) is 6.73. The zero-order valence-electron chi connectivity index (χ0n) is 15.7. The Balaban J connectivity index is 1.54. The molecule has 1 heterocycles. The molecule has 1 aliphatic rings. The van der Waals surface area contributed by atoms with Gasteiger partial charge in [-0.15, -0.1) is 0 Å². The van der Waals surface area contributed by atoms with Gasteiger partial charge >= 0.3 is 0 Å². The van der Waals surface area contributed by atoms with Crippen molar-refractivity contribution in [3.63, 3.8) is 0 Å². The first-order chi connectivity index (χ1) is 12.6. The number of hydrogen-bond donors (Lipinski definition) is 1. The highest BCUT2D eigenvalue weighted by molar-refractivity contribution is 5.87. The molecule has 26 heavy (non-hydrogen) atoms. The molecule has 1 N–H and O–H groups in total. The van der Waals surface area contributed by atoms with Crippen LogP contribution in [0.4, 0.5) is 0 Å². The van der Waals surface area contributed by atoms with E-state index in [0.29, 0.717) is 19.3 Å². The first-order valence-electron chi connectivity index (χ1n) is 9.32. The first-order valence-corrected chi connectivity index (χ1v) is 9.32. The molecule has 0 spiro atoms. The molecule has 4 nitrogen and oxygen atoms in total. The minimum Gasteiger partial charge on any atom is -0.454 e. The molecule has 4 heteroatoms. The maximum atomic E-state index is 11.5. The van der Waals surface area contributed by atoms with Gasteiger partial charge in [0.1, 0.15) is 0 Å². The highest BCUT2D eigenvalue weighted by atomic mass is 16.7. The number of ether oxygens (including phenoxy) is 2. The minimum absolute atomic E-state index is 0.0306. The van der Waals surface area contributed by atoms with Crippen LogP contribution in [-0.2, 0) is 4.79 Å². The summed E-state index contributed by atoms with van der Waals surface area (Å²) in [5, 5.41) is 2.85. The fourth-order valence-electron chi connectivity index (χ4n) is 2.44. The van der Waals surface area contributed by atoms with Crippen LogP contribution in [0.5, 0.6) is 11.5 Å². The summed E-state index contributed by atoms with van der Waals surface area (Å²) in [5.41, 5.74) is 1.13. The molecule has 0 saturated carbocycles. The van der Waals surface area contributed by atoms with Gasteiger partial charge in [-0.2, -0.15) is 0 Å². The molecular formula is C22H29NO3. The summed E-state index contributed by atoms with van der Waals surface area (Å²) in [6.07, 6.45) is 16.1. The van der Waals surface area contributed by atoms with Crippen LogP contribution in [0.15, 0.2) is 48.6 Å². The number of unbranched alkanes of at least 4 members (excludes halogenated alkanes) is 3. The van der Waals surface area contributed by atoms with Gasteiger partial charge in [-0.1, -0.05) is 50.3 Å². The molecule has 1 aromatic carbocycles. The van der Waals surface area contributed by atoms with Crippen molar-refractivity contribution in [2.75, 3.05) is 13.3 Å². The number of amides is 1. The predicted molar refractivity (Wildman–Crippen MR) is 106 cm³/mol. The van der Waals surface area contributed by atoms with Crippen molar-refractivity contribution in [3.05, 3.63) is 54.1 Å².